The van der Waals surface area contributed by atoms with Crippen LogP contribution in [0, 0.1) is 0 Å². The van der Waals surface area contributed by atoms with Crippen molar-refractivity contribution < 1.29 is 0 Å². The molecular formula is C23H28N6O2. The lowest BCUT2D eigenvalue weighted by Crippen LogP contribution is -2.39. The SMILES string of the molecule is CCc1cc(CC)n(-c2nc3c(c(=O)n(CCCc4ccccc4)c(=O)n3C)n2C)n1. The van der Waals surface area contributed by atoms with Gasteiger partial charge < -0.3 is 4.57 Å². The van der Waals surface area contributed by atoms with Crippen LogP contribution in [0.5, 0.6) is 0 Å². The summed E-state index contributed by atoms with van der Waals surface area (Å²) >= 11 is 0. The molecule has 31 heavy (non-hydrogen) atoms. The van der Waals surface area contributed by atoms with Gasteiger partial charge in [0.25, 0.3) is 5.56 Å². The molecule has 0 N–H and O–H groups in total. The lowest BCUT2D eigenvalue weighted by atomic mass is 10.1. The predicted octanol–water partition coefficient (Wildman–Crippen LogP) is 2.38. The van der Waals surface area contributed by atoms with Crippen LogP contribution in [-0.2, 0) is 39.9 Å². The van der Waals surface area contributed by atoms with E-state index in [2.05, 4.69) is 42.1 Å². The fourth-order valence-corrected chi connectivity index (χ4v) is 3.98. The third-order valence-corrected chi connectivity index (χ3v) is 5.77. The van der Waals surface area contributed by atoms with Crippen molar-refractivity contribution >= 4 is 11.2 Å². The zero-order valence-electron chi connectivity index (χ0n) is 18.5. The molecule has 0 fully saturated rings. The van der Waals surface area contributed by atoms with Crippen LogP contribution in [-0.4, -0.2) is 28.5 Å². The lowest BCUT2D eigenvalue weighted by Gasteiger charge is -2.09. The molecule has 0 amide bonds. The monoisotopic (exact) mass is 420 g/mol. The molecular weight excluding hydrogens is 392 g/mol. The highest BCUT2D eigenvalue weighted by atomic mass is 16.2. The molecule has 0 bridgehead atoms. The van der Waals surface area contributed by atoms with Crippen LogP contribution in [0.4, 0.5) is 0 Å². The van der Waals surface area contributed by atoms with Gasteiger partial charge in [-0.2, -0.15) is 10.1 Å². The van der Waals surface area contributed by atoms with E-state index < -0.39 is 0 Å². The molecule has 0 aliphatic heterocycles. The van der Waals surface area contributed by atoms with E-state index in [1.807, 2.05) is 18.2 Å². The fraction of sp³-hybridized carbons (Fsp3) is 0.391. The molecule has 0 unspecified atom stereocenters. The second-order valence-electron chi connectivity index (χ2n) is 7.78. The van der Waals surface area contributed by atoms with E-state index in [1.54, 1.807) is 23.3 Å². The molecule has 1 aromatic carbocycles. The summed E-state index contributed by atoms with van der Waals surface area (Å²) in [7, 11) is 3.47. The summed E-state index contributed by atoms with van der Waals surface area (Å²) < 4.78 is 6.30. The summed E-state index contributed by atoms with van der Waals surface area (Å²) in [4.78, 5) is 30.9. The van der Waals surface area contributed by atoms with Crippen molar-refractivity contribution in [2.45, 2.75) is 46.1 Å². The fourth-order valence-electron chi connectivity index (χ4n) is 3.98. The number of benzene rings is 1. The highest BCUT2D eigenvalue weighted by molar-refractivity contribution is 5.72. The van der Waals surface area contributed by atoms with Gasteiger partial charge in [0.05, 0.1) is 5.69 Å². The zero-order chi connectivity index (χ0) is 22.1. The van der Waals surface area contributed by atoms with E-state index in [1.165, 1.54) is 14.7 Å². The molecule has 0 radical (unpaired) electrons. The van der Waals surface area contributed by atoms with Gasteiger partial charge in [0, 0.05) is 26.3 Å². The van der Waals surface area contributed by atoms with Gasteiger partial charge in [-0.05, 0) is 37.3 Å². The Morgan fingerprint density at radius 2 is 1.71 bits per heavy atom. The Morgan fingerprint density at radius 3 is 2.39 bits per heavy atom. The van der Waals surface area contributed by atoms with Crippen molar-refractivity contribution in [3.63, 3.8) is 0 Å². The van der Waals surface area contributed by atoms with Crippen molar-refractivity contribution in [2.75, 3.05) is 0 Å². The third-order valence-electron chi connectivity index (χ3n) is 5.77. The lowest BCUT2D eigenvalue weighted by molar-refractivity contribution is 0.571. The molecule has 3 heterocycles. The highest BCUT2D eigenvalue weighted by Crippen LogP contribution is 2.17. The summed E-state index contributed by atoms with van der Waals surface area (Å²) in [5, 5.41) is 4.65. The van der Waals surface area contributed by atoms with Gasteiger partial charge >= 0.3 is 5.69 Å². The molecule has 0 saturated carbocycles. The Bertz CT molecular complexity index is 1340. The molecule has 162 valence electrons. The van der Waals surface area contributed by atoms with Crippen LogP contribution < -0.4 is 11.2 Å². The maximum absolute atomic E-state index is 13.3. The summed E-state index contributed by atoms with van der Waals surface area (Å²) in [6.45, 7) is 4.47. The van der Waals surface area contributed by atoms with Crippen LogP contribution in [0.15, 0.2) is 46.0 Å². The second kappa shape index (κ2) is 8.37. The van der Waals surface area contributed by atoms with Crippen molar-refractivity contribution in [3.8, 4) is 5.95 Å². The number of nitrogens with zero attached hydrogens (tertiary/aromatic N) is 6. The average Bonchev–Trinajstić information content (AvgIpc) is 3.36. The highest BCUT2D eigenvalue weighted by Gasteiger charge is 2.21. The van der Waals surface area contributed by atoms with E-state index in [0.29, 0.717) is 30.1 Å². The Balaban J connectivity index is 1.77. The van der Waals surface area contributed by atoms with E-state index in [-0.39, 0.29) is 11.2 Å². The minimum Gasteiger partial charge on any atom is -0.306 e. The summed E-state index contributed by atoms with van der Waals surface area (Å²) in [5.41, 5.74) is 3.30. The Morgan fingerprint density at radius 1 is 0.968 bits per heavy atom. The van der Waals surface area contributed by atoms with Crippen LogP contribution in [0.1, 0.15) is 37.2 Å². The van der Waals surface area contributed by atoms with Crippen LogP contribution in [0.3, 0.4) is 0 Å². The number of hydrogen-bond acceptors (Lipinski definition) is 4. The first-order valence-corrected chi connectivity index (χ1v) is 10.7. The first kappa shape index (κ1) is 20.8. The van der Waals surface area contributed by atoms with Crippen LogP contribution in [0.2, 0.25) is 0 Å². The van der Waals surface area contributed by atoms with E-state index >= 15 is 0 Å². The molecule has 3 aromatic heterocycles. The second-order valence-corrected chi connectivity index (χ2v) is 7.78. The molecule has 0 spiro atoms. The van der Waals surface area contributed by atoms with Gasteiger partial charge in [0.2, 0.25) is 5.95 Å². The quantitative estimate of drug-likeness (QED) is 0.460. The first-order valence-electron chi connectivity index (χ1n) is 10.7. The van der Waals surface area contributed by atoms with Gasteiger partial charge in [-0.1, -0.05) is 44.2 Å². The Hall–Kier alpha value is -3.42. The molecule has 0 atom stereocenters. The summed E-state index contributed by atoms with van der Waals surface area (Å²) in [6.07, 6.45) is 3.11. The van der Waals surface area contributed by atoms with Crippen molar-refractivity contribution in [2.24, 2.45) is 14.1 Å². The summed E-state index contributed by atoms with van der Waals surface area (Å²) in [5.74, 6) is 0.542. The van der Waals surface area contributed by atoms with Crippen molar-refractivity contribution in [3.05, 3.63) is 74.2 Å². The van der Waals surface area contributed by atoms with Crippen molar-refractivity contribution in [1.29, 1.82) is 0 Å². The Kier molecular flexibility index (Phi) is 5.63. The Labute approximate surface area is 180 Å². The molecule has 8 nitrogen and oxygen atoms in total. The maximum atomic E-state index is 13.3. The van der Waals surface area contributed by atoms with Gasteiger partial charge in [-0.25, -0.2) is 9.48 Å². The molecule has 0 saturated heterocycles. The number of fused-ring (bicyclic) bond motifs is 1. The standard InChI is InChI=1S/C23H28N6O2/c1-5-17-15-18(6-2)29(25-17)22-24-20-19(26(22)3)21(30)28(23(31)27(20)4)14-10-13-16-11-8-7-9-12-16/h7-9,11-12,15H,5-6,10,13-14H2,1-4H3. The topological polar surface area (TPSA) is 79.6 Å². The summed E-state index contributed by atoms with van der Waals surface area (Å²) in [6, 6.07) is 12.1. The predicted molar refractivity (Wildman–Crippen MR) is 121 cm³/mol. The van der Waals surface area contributed by atoms with Gasteiger partial charge in [-0.15, -0.1) is 0 Å². The van der Waals surface area contributed by atoms with Gasteiger partial charge in [0.1, 0.15) is 0 Å². The maximum Gasteiger partial charge on any atom is 0.332 e. The number of hydrogen-bond donors (Lipinski definition) is 0. The van der Waals surface area contributed by atoms with Crippen molar-refractivity contribution in [1.82, 2.24) is 28.5 Å². The first-order chi connectivity index (χ1) is 15.0. The van der Waals surface area contributed by atoms with E-state index in [0.717, 1.165) is 30.7 Å². The molecule has 4 rings (SSSR count). The minimum atomic E-state index is -0.347. The molecule has 0 aliphatic carbocycles. The third kappa shape index (κ3) is 3.62. The average molecular weight is 421 g/mol. The number of aromatic nitrogens is 6. The van der Waals surface area contributed by atoms with Gasteiger partial charge in [-0.3, -0.25) is 13.9 Å². The zero-order valence-corrected chi connectivity index (χ0v) is 18.5. The van der Waals surface area contributed by atoms with Crippen LogP contribution in [0.25, 0.3) is 17.1 Å². The molecule has 0 aliphatic rings. The number of rotatable bonds is 7. The molecule has 4 aromatic rings. The molecule has 8 heteroatoms. The number of aryl methyl sites for hydroxylation is 5. The largest absolute Gasteiger partial charge is 0.332 e. The van der Waals surface area contributed by atoms with E-state index in [9.17, 15) is 9.59 Å². The van der Waals surface area contributed by atoms with E-state index in [4.69, 9.17) is 0 Å². The number of imidazole rings is 1. The smallest absolute Gasteiger partial charge is 0.306 e. The minimum absolute atomic E-state index is 0.312. The normalized spacial score (nSPS) is 11.5. The van der Waals surface area contributed by atoms with Gasteiger partial charge in [0.15, 0.2) is 11.2 Å². The van der Waals surface area contributed by atoms with Crippen LogP contribution >= 0.6 is 0 Å².